The van der Waals surface area contributed by atoms with Crippen LogP contribution in [0.1, 0.15) is 24.1 Å². The monoisotopic (exact) mass is 274 g/mol. The third-order valence-corrected chi connectivity index (χ3v) is 3.59. The molecule has 1 heterocycles. The van der Waals surface area contributed by atoms with Crippen LogP contribution in [0, 0.1) is 0 Å². The molecule has 1 aliphatic rings. The summed E-state index contributed by atoms with van der Waals surface area (Å²) in [4.78, 5) is 4.82. The van der Waals surface area contributed by atoms with E-state index in [1.54, 1.807) is 0 Å². The van der Waals surface area contributed by atoms with E-state index in [9.17, 15) is 0 Å². The number of hydrogen-bond donors (Lipinski definition) is 1. The third kappa shape index (κ3) is 2.59. The summed E-state index contributed by atoms with van der Waals surface area (Å²) < 4.78 is 0. The fraction of sp³-hybridized carbons (Fsp3) is 0.312. The zero-order chi connectivity index (χ0) is 12.4. The Labute approximate surface area is 120 Å². The summed E-state index contributed by atoms with van der Waals surface area (Å²) in [6, 6.07) is 8.39. The van der Waals surface area contributed by atoms with Gasteiger partial charge in [-0.25, -0.2) is 0 Å². The number of halogens is 1. The molecule has 0 spiro atoms. The van der Waals surface area contributed by atoms with Gasteiger partial charge in [-0.15, -0.1) is 19.0 Å². The van der Waals surface area contributed by atoms with Gasteiger partial charge in [0.1, 0.15) is 0 Å². The molecule has 0 saturated heterocycles. The first-order valence-electron chi connectivity index (χ1n) is 6.65. The zero-order valence-corrected chi connectivity index (χ0v) is 11.8. The number of para-hydroxylation sites is 1. The Balaban J connectivity index is 0.00000133. The second kappa shape index (κ2) is 6.07. The molecule has 1 aromatic carbocycles. The lowest BCUT2D eigenvalue weighted by atomic mass is 9.92. The molecular weight excluding hydrogens is 256 g/mol. The predicted octanol–water partition coefficient (Wildman–Crippen LogP) is 4.13. The van der Waals surface area contributed by atoms with Crippen LogP contribution in [0.25, 0.3) is 10.9 Å². The Bertz CT molecular complexity index is 593. The van der Waals surface area contributed by atoms with Crippen molar-refractivity contribution in [3.05, 3.63) is 48.2 Å². The minimum absolute atomic E-state index is 0. The van der Waals surface area contributed by atoms with Gasteiger partial charge in [0.2, 0.25) is 0 Å². The molecule has 0 unspecified atom stereocenters. The molecule has 19 heavy (non-hydrogen) atoms. The summed E-state index contributed by atoms with van der Waals surface area (Å²) in [5, 5.41) is 4.74. The van der Waals surface area contributed by atoms with Gasteiger partial charge in [-0.05, 0) is 37.3 Å². The van der Waals surface area contributed by atoms with E-state index in [4.69, 9.17) is 4.98 Å². The van der Waals surface area contributed by atoms with Crippen LogP contribution in [0.3, 0.4) is 0 Å². The zero-order valence-electron chi connectivity index (χ0n) is 11.0. The van der Waals surface area contributed by atoms with E-state index in [0.29, 0.717) is 0 Å². The normalized spacial score (nSPS) is 13.5. The molecule has 3 rings (SSSR count). The van der Waals surface area contributed by atoms with Crippen LogP contribution in [0.4, 0.5) is 5.69 Å². The average Bonchev–Trinajstić information content (AvgIpc) is 2.43. The molecule has 1 N–H and O–H groups in total. The second-order valence-corrected chi connectivity index (χ2v) is 4.81. The van der Waals surface area contributed by atoms with Crippen molar-refractivity contribution in [2.75, 3.05) is 11.9 Å². The Hall–Kier alpha value is -1.54. The summed E-state index contributed by atoms with van der Waals surface area (Å²) in [5.74, 6) is 0. The highest BCUT2D eigenvalue weighted by atomic mass is 35.5. The van der Waals surface area contributed by atoms with Crippen molar-refractivity contribution < 1.29 is 0 Å². The van der Waals surface area contributed by atoms with Crippen molar-refractivity contribution in [1.82, 2.24) is 4.98 Å². The lowest BCUT2D eigenvalue weighted by Crippen LogP contribution is -2.11. The molecular formula is C16H19ClN2. The second-order valence-electron chi connectivity index (χ2n) is 4.81. The number of benzene rings is 1. The molecule has 0 bridgehead atoms. The van der Waals surface area contributed by atoms with E-state index in [1.165, 1.54) is 35.2 Å². The number of aromatic nitrogens is 1. The van der Waals surface area contributed by atoms with Crippen molar-refractivity contribution in [2.45, 2.75) is 25.7 Å². The first-order chi connectivity index (χ1) is 8.90. The Kier molecular flexibility index (Phi) is 4.43. The SMILES string of the molecule is C=CCNc1c2c(nc3ccccc13)CCCC2.Cl. The average molecular weight is 275 g/mol. The lowest BCUT2D eigenvalue weighted by molar-refractivity contribution is 0.672. The number of nitrogens with zero attached hydrogens (tertiary/aromatic N) is 1. The lowest BCUT2D eigenvalue weighted by Gasteiger charge is -2.21. The van der Waals surface area contributed by atoms with Crippen molar-refractivity contribution in [3.63, 3.8) is 0 Å². The van der Waals surface area contributed by atoms with Crippen LogP contribution in [0.5, 0.6) is 0 Å². The van der Waals surface area contributed by atoms with Crippen LogP contribution in [-0.4, -0.2) is 11.5 Å². The first kappa shape index (κ1) is 13.9. The molecule has 1 aromatic heterocycles. The van der Waals surface area contributed by atoms with E-state index in [0.717, 1.165) is 24.9 Å². The van der Waals surface area contributed by atoms with Gasteiger partial charge >= 0.3 is 0 Å². The van der Waals surface area contributed by atoms with Gasteiger partial charge < -0.3 is 5.32 Å². The molecule has 1 aliphatic carbocycles. The number of aryl methyl sites for hydroxylation is 1. The minimum atomic E-state index is 0. The molecule has 2 nitrogen and oxygen atoms in total. The minimum Gasteiger partial charge on any atom is -0.381 e. The molecule has 0 amide bonds. The number of nitrogens with one attached hydrogen (secondary N) is 1. The molecule has 0 fully saturated rings. The number of anilines is 1. The molecule has 0 atom stereocenters. The Morgan fingerprint density at radius 3 is 2.84 bits per heavy atom. The van der Waals surface area contributed by atoms with Gasteiger partial charge in [-0.3, -0.25) is 4.98 Å². The number of pyridine rings is 1. The third-order valence-electron chi connectivity index (χ3n) is 3.59. The maximum atomic E-state index is 4.82. The van der Waals surface area contributed by atoms with Crippen LogP contribution >= 0.6 is 12.4 Å². The van der Waals surface area contributed by atoms with E-state index in [-0.39, 0.29) is 12.4 Å². The van der Waals surface area contributed by atoms with Gasteiger partial charge in [0.25, 0.3) is 0 Å². The topological polar surface area (TPSA) is 24.9 Å². The molecule has 0 radical (unpaired) electrons. The highest BCUT2D eigenvalue weighted by molar-refractivity contribution is 5.93. The van der Waals surface area contributed by atoms with Crippen molar-refractivity contribution >= 4 is 29.0 Å². The fourth-order valence-corrected chi connectivity index (χ4v) is 2.75. The Morgan fingerprint density at radius 2 is 2.00 bits per heavy atom. The maximum Gasteiger partial charge on any atom is 0.0726 e. The standard InChI is InChI=1S/C16H18N2.ClH/c1-2-11-17-16-12-7-3-5-9-14(12)18-15-10-6-4-8-13(15)16;/h2-3,5,7,9H,1,4,6,8,10-11H2,(H,17,18);1H. The molecule has 0 aliphatic heterocycles. The van der Waals surface area contributed by atoms with Gasteiger partial charge in [-0.1, -0.05) is 24.3 Å². The van der Waals surface area contributed by atoms with Crippen molar-refractivity contribution in [3.8, 4) is 0 Å². The highest BCUT2D eigenvalue weighted by Crippen LogP contribution is 2.32. The van der Waals surface area contributed by atoms with Gasteiger partial charge in [0.05, 0.1) is 5.52 Å². The summed E-state index contributed by atoms with van der Waals surface area (Å²) in [5.41, 5.74) is 5.08. The number of rotatable bonds is 3. The number of hydrogen-bond acceptors (Lipinski definition) is 2. The smallest absolute Gasteiger partial charge is 0.0726 e. The van der Waals surface area contributed by atoms with Crippen LogP contribution in [-0.2, 0) is 12.8 Å². The van der Waals surface area contributed by atoms with E-state index >= 15 is 0 Å². The van der Waals surface area contributed by atoms with Crippen molar-refractivity contribution in [2.24, 2.45) is 0 Å². The first-order valence-corrected chi connectivity index (χ1v) is 6.65. The summed E-state index contributed by atoms with van der Waals surface area (Å²) in [6.07, 6.45) is 6.70. The van der Waals surface area contributed by atoms with Gasteiger partial charge in [0, 0.05) is 23.3 Å². The summed E-state index contributed by atoms with van der Waals surface area (Å²) in [7, 11) is 0. The maximum absolute atomic E-state index is 4.82. The summed E-state index contributed by atoms with van der Waals surface area (Å²) >= 11 is 0. The largest absolute Gasteiger partial charge is 0.381 e. The summed E-state index contributed by atoms with van der Waals surface area (Å²) in [6.45, 7) is 4.60. The van der Waals surface area contributed by atoms with Crippen molar-refractivity contribution in [1.29, 1.82) is 0 Å². The Morgan fingerprint density at radius 1 is 1.21 bits per heavy atom. The molecule has 2 aromatic rings. The molecule has 3 heteroatoms. The van der Waals surface area contributed by atoms with E-state index < -0.39 is 0 Å². The van der Waals surface area contributed by atoms with Crippen LogP contribution in [0.15, 0.2) is 36.9 Å². The van der Waals surface area contributed by atoms with Crippen LogP contribution in [0.2, 0.25) is 0 Å². The molecule has 0 saturated carbocycles. The van der Waals surface area contributed by atoms with E-state index in [2.05, 4.69) is 36.2 Å². The molecule has 100 valence electrons. The van der Waals surface area contributed by atoms with Crippen LogP contribution < -0.4 is 5.32 Å². The number of fused-ring (bicyclic) bond motifs is 2. The van der Waals surface area contributed by atoms with Gasteiger partial charge in [0.15, 0.2) is 0 Å². The highest BCUT2D eigenvalue weighted by Gasteiger charge is 2.17. The predicted molar refractivity (Wildman–Crippen MR) is 84.3 cm³/mol. The fourth-order valence-electron chi connectivity index (χ4n) is 2.75. The van der Waals surface area contributed by atoms with Gasteiger partial charge in [-0.2, -0.15) is 0 Å². The quantitative estimate of drug-likeness (QED) is 0.851. The van der Waals surface area contributed by atoms with E-state index in [1.807, 2.05) is 6.08 Å².